The molecule has 0 saturated carbocycles. The lowest BCUT2D eigenvalue weighted by molar-refractivity contribution is -0.167. The second-order valence-corrected chi connectivity index (χ2v) is 18.8. The van der Waals surface area contributed by atoms with E-state index in [-0.39, 0.29) is 31.1 Å². The highest BCUT2D eigenvalue weighted by molar-refractivity contribution is 5.71. The summed E-state index contributed by atoms with van der Waals surface area (Å²) in [6.07, 6.45) is 45.2. The van der Waals surface area contributed by atoms with Gasteiger partial charge in [-0.1, -0.05) is 247 Å². The summed E-state index contributed by atoms with van der Waals surface area (Å²) in [5.41, 5.74) is 0. The molecule has 344 valence electrons. The Bertz CT molecular complexity index is 885. The van der Waals surface area contributed by atoms with Crippen LogP contribution in [0.5, 0.6) is 0 Å². The molecule has 0 aliphatic rings. The molecule has 0 aromatic carbocycles. The van der Waals surface area contributed by atoms with Crippen molar-refractivity contribution in [3.05, 3.63) is 0 Å². The first-order valence-corrected chi connectivity index (χ1v) is 25.7. The van der Waals surface area contributed by atoms with Crippen LogP contribution in [0.15, 0.2) is 0 Å². The van der Waals surface area contributed by atoms with Crippen LogP contribution in [-0.4, -0.2) is 37.2 Å². The molecule has 1 atom stereocenters. The number of ether oxygens (including phenoxy) is 3. The van der Waals surface area contributed by atoms with E-state index in [1.807, 2.05) is 0 Å². The molecule has 0 bridgehead atoms. The van der Waals surface area contributed by atoms with Crippen LogP contribution in [-0.2, 0) is 28.6 Å². The van der Waals surface area contributed by atoms with Crippen molar-refractivity contribution in [2.75, 3.05) is 13.2 Å². The van der Waals surface area contributed by atoms with Crippen LogP contribution in [0.1, 0.15) is 285 Å². The molecule has 0 saturated heterocycles. The molecule has 6 heteroatoms. The molecule has 0 aliphatic carbocycles. The van der Waals surface area contributed by atoms with Crippen molar-refractivity contribution in [3.63, 3.8) is 0 Å². The summed E-state index contributed by atoms with van der Waals surface area (Å²) in [7, 11) is 0. The first kappa shape index (κ1) is 56.4. The van der Waals surface area contributed by atoms with Gasteiger partial charge < -0.3 is 14.2 Å². The first-order chi connectivity index (χ1) is 28.2. The number of esters is 3. The van der Waals surface area contributed by atoms with E-state index in [9.17, 15) is 14.4 Å². The fraction of sp³-hybridized carbons (Fsp3) is 0.942. The smallest absolute Gasteiger partial charge is 0.306 e. The average Bonchev–Trinajstić information content (AvgIpc) is 3.19. The van der Waals surface area contributed by atoms with Crippen LogP contribution >= 0.6 is 0 Å². The van der Waals surface area contributed by atoms with Crippen LogP contribution < -0.4 is 0 Å². The minimum absolute atomic E-state index is 0.0641. The molecule has 0 radical (unpaired) electrons. The lowest BCUT2D eigenvalue weighted by atomic mass is 10.0. The van der Waals surface area contributed by atoms with E-state index in [0.717, 1.165) is 69.6 Å². The van der Waals surface area contributed by atoms with Gasteiger partial charge in [0, 0.05) is 19.3 Å². The second-order valence-electron chi connectivity index (χ2n) is 18.8. The molecule has 0 heterocycles. The maximum Gasteiger partial charge on any atom is 0.306 e. The Kier molecular flexibility index (Phi) is 43.7. The SMILES string of the molecule is CCCCCCCCCCCCCC(=O)OC[C@@H](COC(=O)CCCCCCCCCCCCCCCCCC(C)C)OC(=O)CCCCCCCCCCC(C)C. The number of hydrogen-bond donors (Lipinski definition) is 0. The van der Waals surface area contributed by atoms with Crippen molar-refractivity contribution in [2.45, 2.75) is 291 Å². The molecule has 6 nitrogen and oxygen atoms in total. The fourth-order valence-electron chi connectivity index (χ4n) is 7.81. The van der Waals surface area contributed by atoms with Crippen molar-refractivity contribution in [1.29, 1.82) is 0 Å². The second kappa shape index (κ2) is 44.9. The third-order valence-corrected chi connectivity index (χ3v) is 11.7. The maximum absolute atomic E-state index is 12.7. The van der Waals surface area contributed by atoms with Crippen molar-refractivity contribution in [2.24, 2.45) is 11.8 Å². The van der Waals surface area contributed by atoms with E-state index >= 15 is 0 Å². The molecule has 0 rings (SSSR count). The highest BCUT2D eigenvalue weighted by Gasteiger charge is 2.19. The van der Waals surface area contributed by atoms with Crippen LogP contribution in [0.2, 0.25) is 0 Å². The Morgan fingerprint density at radius 2 is 0.569 bits per heavy atom. The standard InChI is InChI=1S/C52H100O6/c1-6-7-8-9-10-11-17-21-27-32-37-42-50(53)56-45-49(58-52(55)44-39-34-29-24-23-26-31-36-41-48(4)5)46-57-51(54)43-38-33-28-22-19-16-14-12-13-15-18-20-25-30-35-40-47(2)3/h47-49H,6-46H2,1-5H3/t49-/m0/s1. The Balaban J connectivity index is 4.25. The van der Waals surface area contributed by atoms with Gasteiger partial charge in [-0.15, -0.1) is 0 Å². The molecular weight excluding hydrogens is 721 g/mol. The minimum Gasteiger partial charge on any atom is -0.462 e. The number of carbonyl (C=O) groups excluding carboxylic acids is 3. The summed E-state index contributed by atoms with van der Waals surface area (Å²) < 4.78 is 16.8. The van der Waals surface area contributed by atoms with Gasteiger partial charge in [0.25, 0.3) is 0 Å². The molecule has 58 heavy (non-hydrogen) atoms. The first-order valence-electron chi connectivity index (χ1n) is 25.7. The number of hydrogen-bond acceptors (Lipinski definition) is 6. The summed E-state index contributed by atoms with van der Waals surface area (Å²) >= 11 is 0. The normalized spacial score (nSPS) is 12.1. The highest BCUT2D eigenvalue weighted by Crippen LogP contribution is 2.17. The Morgan fingerprint density at radius 1 is 0.328 bits per heavy atom. The van der Waals surface area contributed by atoms with Crippen LogP contribution in [0, 0.1) is 11.8 Å². The van der Waals surface area contributed by atoms with Gasteiger partial charge in [0.2, 0.25) is 0 Å². The third-order valence-electron chi connectivity index (χ3n) is 11.7. The fourth-order valence-corrected chi connectivity index (χ4v) is 7.81. The number of unbranched alkanes of at least 4 members (excludes halogenated alkanes) is 31. The van der Waals surface area contributed by atoms with Crippen LogP contribution in [0.25, 0.3) is 0 Å². The van der Waals surface area contributed by atoms with E-state index < -0.39 is 6.10 Å². The number of rotatable bonds is 46. The van der Waals surface area contributed by atoms with E-state index in [0.29, 0.717) is 19.3 Å². The Morgan fingerprint density at radius 3 is 0.845 bits per heavy atom. The topological polar surface area (TPSA) is 78.9 Å². The molecule has 0 fully saturated rings. The summed E-state index contributed by atoms with van der Waals surface area (Å²) in [6.45, 7) is 11.3. The van der Waals surface area contributed by atoms with Gasteiger partial charge in [-0.3, -0.25) is 14.4 Å². The summed E-state index contributed by atoms with van der Waals surface area (Å²) in [5.74, 6) is 0.791. The van der Waals surface area contributed by atoms with Crippen molar-refractivity contribution in [1.82, 2.24) is 0 Å². The van der Waals surface area contributed by atoms with Gasteiger partial charge in [0.1, 0.15) is 13.2 Å². The van der Waals surface area contributed by atoms with E-state index in [2.05, 4.69) is 34.6 Å². The molecule has 0 aromatic rings. The molecule has 0 aliphatic heterocycles. The van der Waals surface area contributed by atoms with Gasteiger partial charge in [-0.25, -0.2) is 0 Å². The van der Waals surface area contributed by atoms with Crippen molar-refractivity contribution >= 4 is 17.9 Å². The molecule has 0 amide bonds. The monoisotopic (exact) mass is 821 g/mol. The van der Waals surface area contributed by atoms with E-state index in [1.165, 1.54) is 173 Å². The van der Waals surface area contributed by atoms with Gasteiger partial charge in [-0.05, 0) is 31.1 Å². The Labute approximate surface area is 361 Å². The zero-order valence-electron chi connectivity index (χ0n) is 39.7. The molecule has 0 unspecified atom stereocenters. The van der Waals surface area contributed by atoms with Gasteiger partial charge in [-0.2, -0.15) is 0 Å². The Hall–Kier alpha value is -1.59. The zero-order chi connectivity index (χ0) is 42.6. The maximum atomic E-state index is 12.7. The predicted molar refractivity (Wildman–Crippen MR) is 247 cm³/mol. The van der Waals surface area contributed by atoms with Crippen molar-refractivity contribution in [3.8, 4) is 0 Å². The minimum atomic E-state index is -0.761. The summed E-state index contributed by atoms with van der Waals surface area (Å²) in [5, 5.41) is 0. The average molecular weight is 821 g/mol. The van der Waals surface area contributed by atoms with Crippen molar-refractivity contribution < 1.29 is 28.6 Å². The quantitative estimate of drug-likeness (QED) is 0.0346. The molecular formula is C52H100O6. The van der Waals surface area contributed by atoms with Gasteiger partial charge in [0.05, 0.1) is 0 Å². The lowest BCUT2D eigenvalue weighted by Crippen LogP contribution is -2.30. The largest absolute Gasteiger partial charge is 0.462 e. The van der Waals surface area contributed by atoms with Crippen LogP contribution in [0.3, 0.4) is 0 Å². The van der Waals surface area contributed by atoms with E-state index in [1.54, 1.807) is 0 Å². The molecule has 0 N–H and O–H groups in total. The van der Waals surface area contributed by atoms with Crippen LogP contribution in [0.4, 0.5) is 0 Å². The third kappa shape index (κ3) is 45.5. The highest BCUT2D eigenvalue weighted by atomic mass is 16.6. The van der Waals surface area contributed by atoms with E-state index in [4.69, 9.17) is 14.2 Å². The molecule has 0 spiro atoms. The van der Waals surface area contributed by atoms with Gasteiger partial charge in [0.15, 0.2) is 6.10 Å². The van der Waals surface area contributed by atoms with Gasteiger partial charge >= 0.3 is 17.9 Å². The number of carbonyl (C=O) groups is 3. The lowest BCUT2D eigenvalue weighted by Gasteiger charge is -2.18. The zero-order valence-corrected chi connectivity index (χ0v) is 39.7. The summed E-state index contributed by atoms with van der Waals surface area (Å²) in [6, 6.07) is 0. The predicted octanol–water partition coefficient (Wildman–Crippen LogP) is 16.5. The molecule has 0 aromatic heterocycles. The summed E-state index contributed by atoms with van der Waals surface area (Å²) in [4.78, 5) is 37.9.